The van der Waals surface area contributed by atoms with Crippen molar-refractivity contribution in [1.82, 2.24) is 0 Å². The number of carbonyl (C=O) groups excluding carboxylic acids is 2. The van der Waals surface area contributed by atoms with Gasteiger partial charge in [-0.05, 0) is 71.8 Å². The molecule has 2 amide bonds. The fourth-order valence-corrected chi connectivity index (χ4v) is 10.4. The van der Waals surface area contributed by atoms with Gasteiger partial charge in [0.1, 0.15) is 11.5 Å². The summed E-state index contributed by atoms with van der Waals surface area (Å²) in [5.41, 5.74) is 5.77. The molecule has 2 fully saturated rings. The fraction of sp³-hybridized carbons (Fsp3) is 0.211. The Labute approximate surface area is 307 Å². The third-order valence-corrected chi connectivity index (χ3v) is 13.3. The number of benzene rings is 4. The number of thioether (sulfide) groups is 2. The first-order valence-corrected chi connectivity index (χ1v) is 20.8. The second kappa shape index (κ2) is 14.3. The van der Waals surface area contributed by atoms with Crippen molar-refractivity contribution in [1.29, 1.82) is 0 Å². The molecule has 8 nitrogen and oxygen atoms in total. The Morgan fingerprint density at radius 1 is 0.640 bits per heavy atom. The number of carbonyl (C=O) groups is 2. The molecule has 2 atom stereocenters. The maximum absolute atomic E-state index is 12.5. The Kier molecular flexibility index (Phi) is 9.43. The molecule has 2 unspecified atom stereocenters. The molecule has 0 spiro atoms. The number of fused-ring (bicyclic) bond motifs is 6. The number of amides is 2. The van der Waals surface area contributed by atoms with Gasteiger partial charge >= 0.3 is 0 Å². The number of nitrogens with zero attached hydrogens (tertiary/aromatic N) is 2. The minimum Gasteiger partial charge on any atom is -0.453 e. The van der Waals surface area contributed by atoms with Gasteiger partial charge in [0.25, 0.3) is 10.1 Å². The van der Waals surface area contributed by atoms with Crippen molar-refractivity contribution in [2.24, 2.45) is 0 Å². The zero-order valence-electron chi connectivity index (χ0n) is 27.0. The molecule has 8 rings (SSSR count). The van der Waals surface area contributed by atoms with Crippen molar-refractivity contribution in [2.45, 2.75) is 10.1 Å². The van der Waals surface area contributed by atoms with E-state index in [-0.39, 0.29) is 23.3 Å². The van der Waals surface area contributed by atoms with E-state index in [0.29, 0.717) is 0 Å². The standard InChI is InChI=1S/C38H34N4O4S4/c43-35(39-29-13-9-27(10-14-29)17-19-37-41(21-23-47-37)31-5-1-3-7-33(31)45-37)25-49-50-26-36(44)40-30-15-11-28(12-16-30)18-20-38-42(22-24-48-38)32-6-2-4-8-34(32)46-38/h1-20H,21-26H2,(H,39,43)(H,40,44)/b19-17+,20-18+. The summed E-state index contributed by atoms with van der Waals surface area (Å²) in [5, 5.41) is 4.85. The number of para-hydroxylation sites is 4. The highest BCUT2D eigenvalue weighted by Gasteiger charge is 2.49. The lowest BCUT2D eigenvalue weighted by Crippen LogP contribution is -2.40. The summed E-state index contributed by atoms with van der Waals surface area (Å²) in [6, 6.07) is 31.8. The smallest absolute Gasteiger partial charge is 0.252 e. The zero-order valence-corrected chi connectivity index (χ0v) is 30.2. The van der Waals surface area contributed by atoms with Crippen LogP contribution >= 0.6 is 45.1 Å². The Hall–Kier alpha value is -4.10. The zero-order chi connectivity index (χ0) is 34.0. The molecule has 0 aromatic heterocycles. The first-order chi connectivity index (χ1) is 24.5. The van der Waals surface area contributed by atoms with Crippen LogP contribution in [0.5, 0.6) is 11.5 Å². The summed E-state index contributed by atoms with van der Waals surface area (Å²) in [6.45, 7) is 1.88. The van der Waals surface area contributed by atoms with Gasteiger partial charge in [-0.2, -0.15) is 0 Å². The van der Waals surface area contributed by atoms with E-state index < -0.39 is 10.1 Å². The lowest BCUT2D eigenvalue weighted by Gasteiger charge is -2.27. The average molecular weight is 739 g/mol. The molecule has 0 saturated carbocycles. The third-order valence-electron chi connectivity index (χ3n) is 8.65. The van der Waals surface area contributed by atoms with Crippen LogP contribution < -0.4 is 29.9 Å². The molecule has 4 heterocycles. The summed E-state index contributed by atoms with van der Waals surface area (Å²) >= 11 is 3.58. The van der Waals surface area contributed by atoms with Crippen LogP contribution in [0.3, 0.4) is 0 Å². The largest absolute Gasteiger partial charge is 0.453 e. The Morgan fingerprint density at radius 2 is 1.06 bits per heavy atom. The fourth-order valence-electron chi connectivity index (χ4n) is 6.31. The van der Waals surface area contributed by atoms with E-state index in [1.54, 1.807) is 23.5 Å². The first-order valence-electron chi connectivity index (χ1n) is 16.3. The van der Waals surface area contributed by atoms with Gasteiger partial charge in [0.15, 0.2) is 0 Å². The molecule has 254 valence electrons. The van der Waals surface area contributed by atoms with E-state index in [0.717, 1.165) is 70.0 Å². The van der Waals surface area contributed by atoms with Gasteiger partial charge in [-0.3, -0.25) is 9.59 Å². The van der Waals surface area contributed by atoms with Crippen molar-refractivity contribution < 1.29 is 19.1 Å². The number of hydrogen-bond acceptors (Lipinski definition) is 10. The van der Waals surface area contributed by atoms with Gasteiger partial charge in [0.2, 0.25) is 11.8 Å². The Balaban J connectivity index is 0.755. The predicted octanol–water partition coefficient (Wildman–Crippen LogP) is 8.27. The number of rotatable bonds is 11. The molecular formula is C38H34N4O4S4. The van der Waals surface area contributed by atoms with Crippen molar-refractivity contribution >= 4 is 91.8 Å². The Bertz CT molecular complexity index is 1820. The van der Waals surface area contributed by atoms with Gasteiger partial charge in [-0.1, -0.05) is 106 Å². The van der Waals surface area contributed by atoms with Crippen LogP contribution in [0.1, 0.15) is 11.1 Å². The van der Waals surface area contributed by atoms with Crippen LogP contribution in [0, 0.1) is 0 Å². The van der Waals surface area contributed by atoms with Gasteiger partial charge in [-0.25, -0.2) is 0 Å². The van der Waals surface area contributed by atoms with Crippen LogP contribution in [-0.4, -0.2) is 58.0 Å². The van der Waals surface area contributed by atoms with E-state index in [1.807, 2.05) is 84.9 Å². The second-order valence-corrected chi connectivity index (χ2v) is 17.0. The SMILES string of the molecule is O=C(CSSCC(=O)Nc1ccc(/C=C/C23Oc4ccccc4N2CCS3)cc1)Nc1ccc(/C=C/C23Oc4ccccc4N2CCS3)cc1. The summed E-state index contributed by atoms with van der Waals surface area (Å²) in [6.07, 6.45) is 8.37. The minimum atomic E-state index is -0.513. The van der Waals surface area contributed by atoms with Crippen molar-refractivity contribution in [3.05, 3.63) is 120 Å². The second-order valence-electron chi connectivity index (χ2n) is 11.9. The summed E-state index contributed by atoms with van der Waals surface area (Å²) in [7, 11) is 2.71. The number of ether oxygens (including phenoxy) is 2. The van der Waals surface area contributed by atoms with Crippen LogP contribution in [-0.2, 0) is 9.59 Å². The molecule has 0 aliphatic carbocycles. The minimum absolute atomic E-state index is 0.116. The van der Waals surface area contributed by atoms with Crippen molar-refractivity contribution in [2.75, 3.05) is 56.5 Å². The lowest BCUT2D eigenvalue weighted by atomic mass is 10.2. The van der Waals surface area contributed by atoms with Gasteiger partial charge in [-0.15, -0.1) is 0 Å². The van der Waals surface area contributed by atoms with E-state index in [2.05, 4.69) is 56.9 Å². The highest BCUT2D eigenvalue weighted by molar-refractivity contribution is 8.77. The summed E-state index contributed by atoms with van der Waals surface area (Å²) in [5.74, 6) is 4.07. The molecule has 2 saturated heterocycles. The molecule has 4 aliphatic rings. The maximum Gasteiger partial charge on any atom is 0.252 e. The average Bonchev–Trinajstić information content (AvgIpc) is 3.88. The number of nitrogens with one attached hydrogen (secondary N) is 2. The van der Waals surface area contributed by atoms with Gasteiger partial charge < -0.3 is 29.9 Å². The maximum atomic E-state index is 12.5. The van der Waals surface area contributed by atoms with Gasteiger partial charge in [0, 0.05) is 36.0 Å². The van der Waals surface area contributed by atoms with Crippen LogP contribution in [0.15, 0.2) is 109 Å². The topological polar surface area (TPSA) is 83.1 Å². The molecule has 0 bridgehead atoms. The number of anilines is 4. The normalized spacial score (nSPS) is 21.4. The monoisotopic (exact) mass is 738 g/mol. The summed E-state index contributed by atoms with van der Waals surface area (Å²) in [4.78, 5) is 29.7. The van der Waals surface area contributed by atoms with E-state index >= 15 is 0 Å². The van der Waals surface area contributed by atoms with Crippen molar-refractivity contribution in [3.8, 4) is 11.5 Å². The van der Waals surface area contributed by atoms with E-state index in [1.165, 1.54) is 21.6 Å². The third kappa shape index (κ3) is 6.81. The molecule has 50 heavy (non-hydrogen) atoms. The molecule has 2 N–H and O–H groups in total. The quantitative estimate of drug-likeness (QED) is 0.116. The van der Waals surface area contributed by atoms with Crippen LogP contribution in [0.25, 0.3) is 12.2 Å². The highest BCUT2D eigenvalue weighted by Crippen LogP contribution is 2.52. The van der Waals surface area contributed by atoms with E-state index in [4.69, 9.17) is 9.47 Å². The first kappa shape index (κ1) is 33.1. The predicted molar refractivity (Wildman–Crippen MR) is 212 cm³/mol. The van der Waals surface area contributed by atoms with E-state index in [9.17, 15) is 9.59 Å². The highest BCUT2D eigenvalue weighted by atomic mass is 33.1. The lowest BCUT2D eigenvalue weighted by molar-refractivity contribution is -0.114. The van der Waals surface area contributed by atoms with Crippen molar-refractivity contribution in [3.63, 3.8) is 0 Å². The Morgan fingerprint density at radius 3 is 1.50 bits per heavy atom. The number of hydrogen-bond donors (Lipinski definition) is 2. The molecule has 4 aliphatic heterocycles. The molecule has 0 radical (unpaired) electrons. The molecule has 4 aromatic carbocycles. The van der Waals surface area contributed by atoms with Crippen LogP contribution in [0.2, 0.25) is 0 Å². The summed E-state index contributed by atoms with van der Waals surface area (Å²) < 4.78 is 12.7. The molecule has 4 aromatic rings. The molecule has 12 heteroatoms. The van der Waals surface area contributed by atoms with Gasteiger partial charge in [0.05, 0.1) is 22.9 Å². The molecular weight excluding hydrogens is 705 g/mol. The van der Waals surface area contributed by atoms with Crippen LogP contribution in [0.4, 0.5) is 22.7 Å².